The summed E-state index contributed by atoms with van der Waals surface area (Å²) in [6, 6.07) is 14.8. The van der Waals surface area contributed by atoms with Gasteiger partial charge in [0.2, 0.25) is 0 Å². The summed E-state index contributed by atoms with van der Waals surface area (Å²) in [5.74, 6) is 2.02. The number of rotatable bonds is 5. The maximum absolute atomic E-state index is 12.9. The van der Waals surface area contributed by atoms with Crippen LogP contribution < -0.4 is 10.6 Å². The standard InChI is InChI=1S/C21H22N6O2/c1-22-20-13-15(8-10-24-20)21(28)27-11-12-29-17(14-27)16-5-4-7-19(25-16)26-18-6-2-3-9-23-18/h2-10,13,17H,11-12,14H2,1H3,(H,22,24)(H,23,25,26). The van der Waals surface area contributed by atoms with E-state index in [2.05, 4.69) is 25.6 Å². The normalized spacial score (nSPS) is 16.3. The molecule has 1 aliphatic rings. The van der Waals surface area contributed by atoms with Gasteiger partial charge >= 0.3 is 0 Å². The number of carbonyl (C=O) groups excluding carboxylic acids is 1. The summed E-state index contributed by atoms with van der Waals surface area (Å²) in [6.45, 7) is 1.44. The molecule has 3 aromatic heterocycles. The molecule has 0 aromatic carbocycles. The Hall–Kier alpha value is -3.52. The van der Waals surface area contributed by atoms with Crippen LogP contribution in [0.3, 0.4) is 0 Å². The Kier molecular flexibility index (Phi) is 5.62. The minimum absolute atomic E-state index is 0.0417. The minimum Gasteiger partial charge on any atom is -0.373 e. The number of aromatic nitrogens is 3. The van der Waals surface area contributed by atoms with Crippen molar-refractivity contribution in [3.63, 3.8) is 0 Å². The van der Waals surface area contributed by atoms with Crippen LogP contribution >= 0.6 is 0 Å². The molecule has 0 saturated carbocycles. The molecule has 0 aliphatic carbocycles. The van der Waals surface area contributed by atoms with Crippen LogP contribution in [0.1, 0.15) is 22.2 Å². The van der Waals surface area contributed by atoms with Crippen molar-refractivity contribution in [1.82, 2.24) is 19.9 Å². The van der Waals surface area contributed by atoms with Crippen LogP contribution in [0, 0.1) is 0 Å². The van der Waals surface area contributed by atoms with E-state index >= 15 is 0 Å². The van der Waals surface area contributed by atoms with Crippen LogP contribution in [-0.2, 0) is 4.74 Å². The average molecular weight is 390 g/mol. The van der Waals surface area contributed by atoms with Crippen LogP contribution in [0.5, 0.6) is 0 Å². The van der Waals surface area contributed by atoms with Crippen molar-refractivity contribution in [2.24, 2.45) is 0 Å². The lowest BCUT2D eigenvalue weighted by Crippen LogP contribution is -2.42. The Morgan fingerprint density at radius 1 is 1.07 bits per heavy atom. The molecule has 0 radical (unpaired) electrons. The topological polar surface area (TPSA) is 92.3 Å². The van der Waals surface area contributed by atoms with Crippen LogP contribution in [-0.4, -0.2) is 52.5 Å². The first-order valence-electron chi connectivity index (χ1n) is 9.42. The van der Waals surface area contributed by atoms with Crippen LogP contribution in [0.2, 0.25) is 0 Å². The molecule has 0 bridgehead atoms. The predicted octanol–water partition coefficient (Wildman–Crippen LogP) is 2.87. The Morgan fingerprint density at radius 3 is 2.76 bits per heavy atom. The molecule has 1 saturated heterocycles. The fourth-order valence-corrected chi connectivity index (χ4v) is 3.16. The Bertz CT molecular complexity index is 982. The fourth-order valence-electron chi connectivity index (χ4n) is 3.16. The third-order valence-corrected chi connectivity index (χ3v) is 4.64. The summed E-state index contributed by atoms with van der Waals surface area (Å²) in [5.41, 5.74) is 1.37. The number of nitrogens with one attached hydrogen (secondary N) is 2. The minimum atomic E-state index is -0.288. The summed E-state index contributed by atoms with van der Waals surface area (Å²) in [4.78, 5) is 27.8. The summed E-state index contributed by atoms with van der Waals surface area (Å²) >= 11 is 0. The van der Waals surface area contributed by atoms with Crippen molar-refractivity contribution in [1.29, 1.82) is 0 Å². The number of nitrogens with zero attached hydrogens (tertiary/aromatic N) is 4. The van der Waals surface area contributed by atoms with Crippen molar-refractivity contribution in [3.8, 4) is 0 Å². The average Bonchev–Trinajstić information content (AvgIpc) is 2.79. The highest BCUT2D eigenvalue weighted by molar-refractivity contribution is 5.94. The molecule has 4 rings (SSSR count). The number of anilines is 3. The maximum atomic E-state index is 12.9. The smallest absolute Gasteiger partial charge is 0.254 e. The van der Waals surface area contributed by atoms with Gasteiger partial charge in [0.25, 0.3) is 5.91 Å². The van der Waals surface area contributed by atoms with Crippen molar-refractivity contribution in [2.75, 3.05) is 37.4 Å². The van der Waals surface area contributed by atoms with E-state index in [9.17, 15) is 4.79 Å². The Balaban J connectivity index is 1.48. The van der Waals surface area contributed by atoms with Crippen molar-refractivity contribution in [2.45, 2.75) is 6.10 Å². The second kappa shape index (κ2) is 8.66. The number of carbonyl (C=O) groups is 1. The van der Waals surface area contributed by atoms with Gasteiger partial charge in [-0.3, -0.25) is 4.79 Å². The maximum Gasteiger partial charge on any atom is 0.254 e. The largest absolute Gasteiger partial charge is 0.373 e. The molecule has 1 fully saturated rings. The van der Waals surface area contributed by atoms with E-state index in [0.29, 0.717) is 36.9 Å². The monoisotopic (exact) mass is 390 g/mol. The fraction of sp³-hybridized carbons (Fsp3) is 0.238. The molecule has 4 heterocycles. The number of amides is 1. The van der Waals surface area contributed by atoms with Gasteiger partial charge < -0.3 is 20.3 Å². The zero-order valence-electron chi connectivity index (χ0n) is 16.1. The lowest BCUT2D eigenvalue weighted by atomic mass is 10.1. The molecule has 29 heavy (non-hydrogen) atoms. The van der Waals surface area contributed by atoms with Gasteiger partial charge in [-0.25, -0.2) is 15.0 Å². The third-order valence-electron chi connectivity index (χ3n) is 4.64. The molecule has 1 amide bonds. The van der Waals surface area contributed by atoms with Crippen molar-refractivity contribution >= 4 is 23.4 Å². The SMILES string of the molecule is CNc1cc(C(=O)N2CCOC(c3cccc(Nc4ccccn4)n3)C2)ccn1. The predicted molar refractivity (Wildman–Crippen MR) is 110 cm³/mol. The van der Waals surface area contributed by atoms with E-state index in [1.807, 2.05) is 36.4 Å². The van der Waals surface area contributed by atoms with E-state index in [1.54, 1.807) is 36.5 Å². The van der Waals surface area contributed by atoms with Crippen LogP contribution in [0.25, 0.3) is 0 Å². The van der Waals surface area contributed by atoms with Crippen molar-refractivity contribution in [3.05, 3.63) is 72.2 Å². The third kappa shape index (κ3) is 4.49. The number of pyridine rings is 3. The molecule has 1 atom stereocenters. The van der Waals surface area contributed by atoms with E-state index < -0.39 is 0 Å². The van der Waals surface area contributed by atoms with Gasteiger partial charge in [0.15, 0.2) is 0 Å². The Labute approximate surface area is 169 Å². The molecule has 0 spiro atoms. The molecule has 148 valence electrons. The Morgan fingerprint density at radius 2 is 1.93 bits per heavy atom. The summed E-state index contributed by atoms with van der Waals surface area (Å²) in [7, 11) is 1.78. The first kappa shape index (κ1) is 18.8. The van der Waals surface area contributed by atoms with Crippen LogP contribution in [0.15, 0.2) is 60.9 Å². The summed E-state index contributed by atoms with van der Waals surface area (Å²) in [5, 5.41) is 6.14. The summed E-state index contributed by atoms with van der Waals surface area (Å²) < 4.78 is 5.91. The highest BCUT2D eigenvalue weighted by Gasteiger charge is 2.27. The number of hydrogen-bond donors (Lipinski definition) is 2. The molecule has 8 nitrogen and oxygen atoms in total. The van der Waals surface area contributed by atoms with Gasteiger partial charge in [-0.05, 0) is 36.4 Å². The van der Waals surface area contributed by atoms with E-state index in [4.69, 9.17) is 4.74 Å². The van der Waals surface area contributed by atoms with E-state index in [0.717, 1.165) is 11.5 Å². The molecule has 3 aromatic rings. The van der Waals surface area contributed by atoms with E-state index in [1.165, 1.54) is 0 Å². The van der Waals surface area contributed by atoms with Gasteiger partial charge in [0, 0.05) is 31.5 Å². The molecular weight excluding hydrogens is 368 g/mol. The number of morpholine rings is 1. The van der Waals surface area contributed by atoms with Crippen molar-refractivity contribution < 1.29 is 9.53 Å². The summed E-state index contributed by atoms with van der Waals surface area (Å²) in [6.07, 6.45) is 3.06. The molecule has 1 unspecified atom stereocenters. The lowest BCUT2D eigenvalue weighted by Gasteiger charge is -2.33. The van der Waals surface area contributed by atoms with Crippen LogP contribution in [0.4, 0.5) is 17.5 Å². The second-order valence-corrected chi connectivity index (χ2v) is 6.58. The first-order chi connectivity index (χ1) is 14.2. The quantitative estimate of drug-likeness (QED) is 0.692. The lowest BCUT2D eigenvalue weighted by molar-refractivity contribution is -0.0246. The van der Waals surface area contributed by atoms with Gasteiger partial charge in [0.1, 0.15) is 23.6 Å². The molecular formula is C21H22N6O2. The van der Waals surface area contributed by atoms with Gasteiger partial charge in [0.05, 0.1) is 18.8 Å². The second-order valence-electron chi connectivity index (χ2n) is 6.58. The number of hydrogen-bond acceptors (Lipinski definition) is 7. The molecule has 1 aliphatic heterocycles. The van der Waals surface area contributed by atoms with Gasteiger partial charge in [-0.2, -0.15) is 0 Å². The first-order valence-corrected chi connectivity index (χ1v) is 9.42. The van der Waals surface area contributed by atoms with E-state index in [-0.39, 0.29) is 12.0 Å². The zero-order chi connectivity index (χ0) is 20.1. The molecule has 8 heteroatoms. The van der Waals surface area contributed by atoms with Gasteiger partial charge in [-0.15, -0.1) is 0 Å². The molecule has 2 N–H and O–H groups in total. The number of ether oxygens (including phenoxy) is 1. The highest BCUT2D eigenvalue weighted by Crippen LogP contribution is 2.24. The zero-order valence-corrected chi connectivity index (χ0v) is 16.1. The van der Waals surface area contributed by atoms with Gasteiger partial charge in [-0.1, -0.05) is 12.1 Å². The highest BCUT2D eigenvalue weighted by atomic mass is 16.5.